The summed E-state index contributed by atoms with van der Waals surface area (Å²) in [5.74, 6) is -2.16. The van der Waals surface area contributed by atoms with Crippen molar-refractivity contribution in [2.24, 2.45) is 0 Å². The van der Waals surface area contributed by atoms with E-state index in [1.807, 2.05) is 48.7 Å². The lowest BCUT2D eigenvalue weighted by Gasteiger charge is -2.18. The molecule has 1 N–H and O–H groups in total. The van der Waals surface area contributed by atoms with Crippen molar-refractivity contribution in [3.05, 3.63) is 93.2 Å². The molecule has 1 heterocycles. The topological polar surface area (TPSA) is 29.1 Å². The number of hydrogen-bond acceptors (Lipinski definition) is 2. The number of benzene rings is 2. The van der Waals surface area contributed by atoms with Gasteiger partial charge in [0.05, 0.1) is 11.6 Å². The Morgan fingerprint density at radius 3 is 2.46 bits per heavy atom. The Morgan fingerprint density at radius 2 is 1.83 bits per heavy atom. The van der Waals surface area contributed by atoms with Gasteiger partial charge in [-0.05, 0) is 36.1 Å². The van der Waals surface area contributed by atoms with E-state index in [4.69, 9.17) is 0 Å². The number of nitrogens with one attached hydrogen (secondary N) is 1. The van der Waals surface area contributed by atoms with Crippen LogP contribution in [0.25, 0.3) is 0 Å². The molecule has 0 saturated heterocycles. The molecule has 122 valence electrons. The normalized spacial score (nSPS) is 12.0. The highest BCUT2D eigenvalue weighted by Crippen LogP contribution is 2.27. The predicted molar refractivity (Wildman–Crippen MR) is 91.2 cm³/mol. The van der Waals surface area contributed by atoms with E-state index >= 15 is 0 Å². The highest BCUT2D eigenvalue weighted by atomic mass is 32.1. The standard InChI is InChI=1S/C19H15F2NOS/c1-12-4-6-13(7-5-12)18(17-3-2-10-24-17)22-19(23)15-9-8-14(20)11-16(15)21/h2-11,18H,1H3,(H,22,23)/t18-/m1/s1. The summed E-state index contributed by atoms with van der Waals surface area (Å²) >= 11 is 1.51. The second kappa shape index (κ2) is 6.93. The van der Waals surface area contributed by atoms with Crippen molar-refractivity contribution in [1.82, 2.24) is 5.32 Å². The van der Waals surface area contributed by atoms with Crippen molar-refractivity contribution in [3.63, 3.8) is 0 Å². The Hall–Kier alpha value is -2.53. The molecule has 1 amide bonds. The Labute approximate surface area is 142 Å². The Kier molecular flexibility index (Phi) is 4.71. The third kappa shape index (κ3) is 3.51. The van der Waals surface area contributed by atoms with Crippen LogP contribution in [0.2, 0.25) is 0 Å². The summed E-state index contributed by atoms with van der Waals surface area (Å²) in [5.41, 5.74) is 1.84. The van der Waals surface area contributed by atoms with Crippen LogP contribution in [0.5, 0.6) is 0 Å². The lowest BCUT2D eigenvalue weighted by molar-refractivity contribution is 0.0939. The lowest BCUT2D eigenvalue weighted by Crippen LogP contribution is -2.29. The molecule has 3 rings (SSSR count). The third-order valence-corrected chi connectivity index (χ3v) is 4.63. The molecule has 0 aliphatic heterocycles. The van der Waals surface area contributed by atoms with E-state index in [-0.39, 0.29) is 11.6 Å². The summed E-state index contributed by atoms with van der Waals surface area (Å²) in [5, 5.41) is 4.76. The van der Waals surface area contributed by atoms with Crippen LogP contribution in [0.3, 0.4) is 0 Å². The minimum Gasteiger partial charge on any atom is -0.340 e. The molecule has 2 nitrogen and oxygen atoms in total. The fourth-order valence-electron chi connectivity index (χ4n) is 2.42. The molecule has 1 aromatic heterocycles. The second-order valence-electron chi connectivity index (χ2n) is 5.46. The largest absolute Gasteiger partial charge is 0.340 e. The van der Waals surface area contributed by atoms with Crippen molar-refractivity contribution in [3.8, 4) is 0 Å². The zero-order valence-electron chi connectivity index (χ0n) is 12.9. The Morgan fingerprint density at radius 1 is 1.08 bits per heavy atom. The lowest BCUT2D eigenvalue weighted by atomic mass is 10.0. The van der Waals surface area contributed by atoms with Crippen molar-refractivity contribution in [2.45, 2.75) is 13.0 Å². The zero-order valence-corrected chi connectivity index (χ0v) is 13.7. The molecule has 24 heavy (non-hydrogen) atoms. The van der Waals surface area contributed by atoms with Gasteiger partial charge in [0.25, 0.3) is 5.91 Å². The van der Waals surface area contributed by atoms with Crippen LogP contribution in [0.1, 0.15) is 32.4 Å². The third-order valence-electron chi connectivity index (χ3n) is 3.69. The smallest absolute Gasteiger partial charge is 0.255 e. The van der Waals surface area contributed by atoms with Gasteiger partial charge in [-0.25, -0.2) is 8.78 Å². The van der Waals surface area contributed by atoms with Gasteiger partial charge in [0, 0.05) is 10.9 Å². The molecule has 3 aromatic rings. The second-order valence-corrected chi connectivity index (χ2v) is 6.44. The van der Waals surface area contributed by atoms with Crippen LogP contribution in [-0.2, 0) is 0 Å². The molecule has 5 heteroatoms. The van der Waals surface area contributed by atoms with Crippen LogP contribution >= 0.6 is 11.3 Å². The summed E-state index contributed by atoms with van der Waals surface area (Å²) < 4.78 is 26.9. The fourth-order valence-corrected chi connectivity index (χ4v) is 3.22. The molecule has 0 bridgehead atoms. The van der Waals surface area contributed by atoms with Gasteiger partial charge in [-0.15, -0.1) is 11.3 Å². The number of carbonyl (C=O) groups excluding carboxylic acids is 1. The maximum Gasteiger partial charge on any atom is 0.255 e. The average Bonchev–Trinajstić information content (AvgIpc) is 3.07. The molecule has 0 aliphatic rings. The number of hydrogen-bond donors (Lipinski definition) is 1. The Bertz CT molecular complexity index is 844. The quantitative estimate of drug-likeness (QED) is 0.720. The van der Waals surface area contributed by atoms with Crippen molar-refractivity contribution in [1.29, 1.82) is 0 Å². The van der Waals surface area contributed by atoms with Crippen LogP contribution < -0.4 is 5.32 Å². The molecule has 2 aromatic carbocycles. The van der Waals surface area contributed by atoms with Gasteiger partial charge in [0.2, 0.25) is 0 Å². The van der Waals surface area contributed by atoms with Gasteiger partial charge in [-0.3, -0.25) is 4.79 Å². The van der Waals surface area contributed by atoms with Crippen LogP contribution in [0.15, 0.2) is 60.0 Å². The number of halogens is 2. The van der Waals surface area contributed by atoms with E-state index in [2.05, 4.69) is 5.32 Å². The summed E-state index contributed by atoms with van der Waals surface area (Å²) in [6.07, 6.45) is 0. The summed E-state index contributed by atoms with van der Waals surface area (Å²) in [4.78, 5) is 13.4. The number of thiophene rings is 1. The average molecular weight is 343 g/mol. The number of amides is 1. The minimum atomic E-state index is -0.874. The fraction of sp³-hybridized carbons (Fsp3) is 0.105. The monoisotopic (exact) mass is 343 g/mol. The van der Waals surface area contributed by atoms with Gasteiger partial charge in [-0.1, -0.05) is 35.9 Å². The van der Waals surface area contributed by atoms with E-state index in [1.54, 1.807) is 0 Å². The SMILES string of the molecule is Cc1ccc([C@@H](NC(=O)c2ccc(F)cc2F)c2cccs2)cc1. The van der Waals surface area contributed by atoms with Crippen molar-refractivity contribution >= 4 is 17.2 Å². The van der Waals surface area contributed by atoms with Crippen molar-refractivity contribution in [2.75, 3.05) is 0 Å². The van der Waals surface area contributed by atoms with E-state index < -0.39 is 17.5 Å². The van der Waals surface area contributed by atoms with E-state index in [1.165, 1.54) is 11.3 Å². The summed E-state index contributed by atoms with van der Waals surface area (Å²) in [7, 11) is 0. The first kappa shape index (κ1) is 16.3. The Balaban J connectivity index is 1.92. The number of carbonyl (C=O) groups is 1. The maximum absolute atomic E-state index is 13.9. The van der Waals surface area contributed by atoms with Gasteiger partial charge in [-0.2, -0.15) is 0 Å². The molecule has 0 unspecified atom stereocenters. The summed E-state index contributed by atoms with van der Waals surface area (Å²) in [6, 6.07) is 14.1. The highest BCUT2D eigenvalue weighted by molar-refractivity contribution is 7.10. The van der Waals surface area contributed by atoms with Crippen LogP contribution in [0.4, 0.5) is 8.78 Å². The van der Waals surface area contributed by atoms with E-state index in [0.717, 1.165) is 28.1 Å². The molecule has 0 saturated carbocycles. The minimum absolute atomic E-state index is 0.176. The molecular formula is C19H15F2NOS. The first-order valence-electron chi connectivity index (χ1n) is 7.40. The number of rotatable bonds is 4. The molecule has 1 atom stereocenters. The molecular weight excluding hydrogens is 328 g/mol. The predicted octanol–water partition coefficient (Wildman–Crippen LogP) is 4.85. The van der Waals surface area contributed by atoms with Gasteiger partial charge in [0.15, 0.2) is 0 Å². The van der Waals surface area contributed by atoms with Gasteiger partial charge in [0.1, 0.15) is 11.6 Å². The molecule has 0 aliphatic carbocycles. The highest BCUT2D eigenvalue weighted by Gasteiger charge is 2.20. The first-order chi connectivity index (χ1) is 11.5. The van der Waals surface area contributed by atoms with Gasteiger partial charge >= 0.3 is 0 Å². The summed E-state index contributed by atoms with van der Waals surface area (Å²) in [6.45, 7) is 1.98. The zero-order chi connectivity index (χ0) is 17.1. The maximum atomic E-state index is 13.9. The van der Waals surface area contributed by atoms with E-state index in [9.17, 15) is 13.6 Å². The van der Waals surface area contributed by atoms with E-state index in [0.29, 0.717) is 6.07 Å². The molecule has 0 spiro atoms. The van der Waals surface area contributed by atoms with Crippen molar-refractivity contribution < 1.29 is 13.6 Å². The van der Waals surface area contributed by atoms with Crippen LogP contribution in [0, 0.1) is 18.6 Å². The number of aryl methyl sites for hydroxylation is 1. The van der Waals surface area contributed by atoms with Crippen LogP contribution in [-0.4, -0.2) is 5.91 Å². The first-order valence-corrected chi connectivity index (χ1v) is 8.28. The van der Waals surface area contributed by atoms with Gasteiger partial charge < -0.3 is 5.32 Å². The molecule has 0 fully saturated rings. The molecule has 0 radical (unpaired) electrons.